The lowest BCUT2D eigenvalue weighted by molar-refractivity contribution is 0.248. The molecule has 0 radical (unpaired) electrons. The van der Waals surface area contributed by atoms with Crippen LogP contribution in [0.3, 0.4) is 0 Å². The lowest BCUT2D eigenvalue weighted by atomic mass is 10.2. The van der Waals surface area contributed by atoms with E-state index in [-0.39, 0.29) is 5.82 Å². The molecule has 0 atom stereocenters. The zero-order valence-corrected chi connectivity index (χ0v) is 15.4. The molecule has 130 valence electrons. The fraction of sp³-hybridized carbons (Fsp3) is 0.353. The summed E-state index contributed by atoms with van der Waals surface area (Å²) in [6.07, 6.45) is 1.53. The van der Waals surface area contributed by atoms with E-state index in [0.717, 1.165) is 49.8 Å². The highest BCUT2D eigenvalue weighted by Gasteiger charge is 2.20. The Hall–Kier alpha value is -2.06. The average Bonchev–Trinajstić information content (AvgIpc) is 3.06. The predicted molar refractivity (Wildman–Crippen MR) is 97.1 cm³/mol. The summed E-state index contributed by atoms with van der Waals surface area (Å²) >= 11 is 3.20. The second kappa shape index (κ2) is 6.68. The molecule has 0 amide bonds. The van der Waals surface area contributed by atoms with Crippen molar-refractivity contribution in [3.05, 3.63) is 52.1 Å². The molecule has 0 bridgehead atoms. The third-order valence-corrected chi connectivity index (χ3v) is 5.09. The number of hydrogen-bond acceptors (Lipinski definition) is 5. The largest absolute Gasteiger partial charge is 0.354 e. The van der Waals surface area contributed by atoms with Gasteiger partial charge in [0, 0.05) is 44.5 Å². The first-order valence-electron chi connectivity index (χ1n) is 8.19. The van der Waals surface area contributed by atoms with Crippen LogP contribution >= 0.6 is 15.9 Å². The van der Waals surface area contributed by atoms with Crippen molar-refractivity contribution in [1.82, 2.24) is 24.5 Å². The molecule has 6 nitrogen and oxygen atoms in total. The summed E-state index contributed by atoms with van der Waals surface area (Å²) in [6.45, 7) is 6.32. The Morgan fingerprint density at radius 1 is 1.16 bits per heavy atom. The van der Waals surface area contributed by atoms with Crippen LogP contribution in [0.2, 0.25) is 0 Å². The Morgan fingerprint density at radius 2 is 1.96 bits per heavy atom. The minimum atomic E-state index is -0.211. The van der Waals surface area contributed by atoms with E-state index in [1.165, 1.54) is 6.33 Å². The summed E-state index contributed by atoms with van der Waals surface area (Å²) in [7, 11) is 0. The fourth-order valence-electron chi connectivity index (χ4n) is 3.17. The summed E-state index contributed by atoms with van der Waals surface area (Å²) < 4.78 is 16.0. The molecule has 3 heterocycles. The molecule has 8 heteroatoms. The van der Waals surface area contributed by atoms with Gasteiger partial charge in [0.1, 0.15) is 18.0 Å². The Labute approximate surface area is 153 Å². The number of halogens is 2. The smallest absolute Gasteiger partial charge is 0.254 e. The van der Waals surface area contributed by atoms with Crippen LogP contribution in [0.4, 0.5) is 10.2 Å². The number of hydrogen-bond donors (Lipinski definition) is 0. The maximum Gasteiger partial charge on any atom is 0.254 e. The van der Waals surface area contributed by atoms with Crippen molar-refractivity contribution in [2.24, 2.45) is 0 Å². The molecule has 1 fully saturated rings. The summed E-state index contributed by atoms with van der Waals surface area (Å²) in [6, 6.07) is 7.37. The highest BCUT2D eigenvalue weighted by molar-refractivity contribution is 9.10. The first-order valence-corrected chi connectivity index (χ1v) is 8.98. The molecule has 1 saturated heterocycles. The molecule has 4 rings (SSSR count). The van der Waals surface area contributed by atoms with Gasteiger partial charge in [-0.3, -0.25) is 4.90 Å². The van der Waals surface area contributed by atoms with Crippen LogP contribution < -0.4 is 4.90 Å². The summed E-state index contributed by atoms with van der Waals surface area (Å²) in [5.74, 6) is 1.44. The van der Waals surface area contributed by atoms with E-state index >= 15 is 0 Å². The number of nitrogens with zero attached hydrogens (tertiary/aromatic N) is 6. The number of piperazine rings is 1. The number of aromatic nitrogens is 4. The average molecular weight is 405 g/mol. The molecule has 25 heavy (non-hydrogen) atoms. The second-order valence-corrected chi connectivity index (χ2v) is 7.09. The lowest BCUT2D eigenvalue weighted by Gasteiger charge is -2.36. The van der Waals surface area contributed by atoms with Gasteiger partial charge in [-0.05, 0) is 40.5 Å². The summed E-state index contributed by atoms with van der Waals surface area (Å²) in [5.41, 5.74) is 1.93. The number of fused-ring (bicyclic) bond motifs is 1. The van der Waals surface area contributed by atoms with Crippen LogP contribution in [0.15, 0.2) is 35.1 Å². The zero-order valence-electron chi connectivity index (χ0n) is 13.9. The first-order chi connectivity index (χ1) is 12.1. The summed E-state index contributed by atoms with van der Waals surface area (Å²) in [5, 5.41) is 4.28. The molecule has 0 unspecified atom stereocenters. The van der Waals surface area contributed by atoms with Crippen molar-refractivity contribution in [1.29, 1.82) is 0 Å². The quantitative estimate of drug-likeness (QED) is 0.671. The van der Waals surface area contributed by atoms with Gasteiger partial charge in [0.15, 0.2) is 0 Å². The number of aryl methyl sites for hydroxylation is 1. The van der Waals surface area contributed by atoms with Gasteiger partial charge in [0.05, 0.1) is 4.47 Å². The Bertz CT molecular complexity index is 903. The molecule has 1 aliphatic rings. The minimum Gasteiger partial charge on any atom is -0.354 e. The lowest BCUT2D eigenvalue weighted by Crippen LogP contribution is -2.46. The maximum atomic E-state index is 13.7. The maximum absolute atomic E-state index is 13.7. The van der Waals surface area contributed by atoms with Crippen molar-refractivity contribution in [3.8, 4) is 0 Å². The van der Waals surface area contributed by atoms with Crippen molar-refractivity contribution in [3.63, 3.8) is 0 Å². The number of anilines is 1. The second-order valence-electron chi connectivity index (χ2n) is 6.24. The molecule has 0 saturated carbocycles. The van der Waals surface area contributed by atoms with Crippen molar-refractivity contribution in [2.45, 2.75) is 13.5 Å². The van der Waals surface area contributed by atoms with Gasteiger partial charge in [0.2, 0.25) is 0 Å². The molecular formula is C17H18BrFN6. The molecule has 0 spiro atoms. The first kappa shape index (κ1) is 16.4. The Balaban J connectivity index is 1.45. The van der Waals surface area contributed by atoms with Gasteiger partial charge in [-0.2, -0.15) is 14.6 Å². The van der Waals surface area contributed by atoms with Gasteiger partial charge in [0.25, 0.3) is 5.78 Å². The van der Waals surface area contributed by atoms with Crippen LogP contribution in [-0.4, -0.2) is 50.7 Å². The molecule has 1 aliphatic heterocycles. The van der Waals surface area contributed by atoms with Crippen molar-refractivity contribution in [2.75, 3.05) is 31.1 Å². The van der Waals surface area contributed by atoms with E-state index in [1.807, 2.05) is 19.1 Å². The molecule has 2 aromatic heterocycles. The van der Waals surface area contributed by atoms with Crippen molar-refractivity contribution < 1.29 is 4.39 Å². The molecule has 0 aliphatic carbocycles. The Kier molecular flexibility index (Phi) is 4.39. The molecule has 3 aromatic rings. The van der Waals surface area contributed by atoms with Crippen LogP contribution in [0.5, 0.6) is 0 Å². The highest BCUT2D eigenvalue weighted by atomic mass is 79.9. The zero-order chi connectivity index (χ0) is 17.4. The summed E-state index contributed by atoms with van der Waals surface area (Å²) in [4.78, 5) is 13.2. The third kappa shape index (κ3) is 3.36. The van der Waals surface area contributed by atoms with Crippen LogP contribution in [0.1, 0.15) is 11.3 Å². The topological polar surface area (TPSA) is 49.6 Å². The minimum absolute atomic E-state index is 0.211. The van der Waals surface area contributed by atoms with E-state index in [2.05, 4.69) is 40.8 Å². The molecule has 0 N–H and O–H groups in total. The van der Waals surface area contributed by atoms with E-state index < -0.39 is 0 Å². The SMILES string of the molecule is Cc1cc(N2CCN(Cc3ccc(Br)c(F)c3)CC2)n2ncnc2n1. The van der Waals surface area contributed by atoms with Crippen LogP contribution in [0, 0.1) is 12.7 Å². The standard InChI is InChI=1S/C17H18BrFN6/c1-12-8-16(25-17(22-12)20-11-21-25)24-6-4-23(5-7-24)10-13-2-3-14(18)15(19)9-13/h2-3,8-9,11H,4-7,10H2,1H3. The van der Waals surface area contributed by atoms with Gasteiger partial charge >= 0.3 is 0 Å². The third-order valence-electron chi connectivity index (χ3n) is 4.45. The van der Waals surface area contributed by atoms with Crippen molar-refractivity contribution >= 4 is 27.5 Å². The molecule has 1 aromatic carbocycles. The van der Waals surface area contributed by atoms with E-state index in [1.54, 1.807) is 16.6 Å². The highest BCUT2D eigenvalue weighted by Crippen LogP contribution is 2.20. The van der Waals surface area contributed by atoms with E-state index in [0.29, 0.717) is 10.3 Å². The van der Waals surface area contributed by atoms with Gasteiger partial charge < -0.3 is 4.90 Å². The predicted octanol–water partition coefficient (Wildman–Crippen LogP) is 2.66. The van der Waals surface area contributed by atoms with Crippen LogP contribution in [0.25, 0.3) is 5.78 Å². The number of benzene rings is 1. The van der Waals surface area contributed by atoms with Gasteiger partial charge in [-0.15, -0.1) is 0 Å². The van der Waals surface area contributed by atoms with Crippen LogP contribution in [-0.2, 0) is 6.54 Å². The number of rotatable bonds is 3. The van der Waals surface area contributed by atoms with Gasteiger partial charge in [-0.1, -0.05) is 6.07 Å². The van der Waals surface area contributed by atoms with Gasteiger partial charge in [-0.25, -0.2) is 9.37 Å². The normalized spacial score (nSPS) is 15.9. The monoisotopic (exact) mass is 404 g/mol. The van der Waals surface area contributed by atoms with E-state index in [4.69, 9.17) is 0 Å². The molecular weight excluding hydrogens is 387 g/mol. The van der Waals surface area contributed by atoms with E-state index in [9.17, 15) is 4.39 Å². The Morgan fingerprint density at radius 3 is 2.72 bits per heavy atom. The fourth-order valence-corrected chi connectivity index (χ4v) is 3.41.